The number of carbonyl (C=O) groups excluding carboxylic acids is 1. The number of rotatable bonds is 6. The minimum absolute atomic E-state index is 0.162. The first-order valence-electron chi connectivity index (χ1n) is 7.89. The van der Waals surface area contributed by atoms with Crippen LogP contribution in [0.2, 0.25) is 0 Å². The minimum Gasteiger partial charge on any atom is -0.399 e. The van der Waals surface area contributed by atoms with Crippen molar-refractivity contribution in [3.8, 4) is 0 Å². The lowest BCUT2D eigenvalue weighted by Gasteiger charge is -2.07. The fourth-order valence-electron chi connectivity index (χ4n) is 2.20. The summed E-state index contributed by atoms with van der Waals surface area (Å²) in [5, 5.41) is 7.50. The molecule has 0 aliphatic heterocycles. The summed E-state index contributed by atoms with van der Waals surface area (Å²) in [6.45, 7) is 0. The van der Waals surface area contributed by atoms with Crippen molar-refractivity contribution >= 4 is 29.6 Å². The molecule has 0 saturated carbocycles. The van der Waals surface area contributed by atoms with Crippen molar-refractivity contribution in [1.82, 2.24) is 9.55 Å². The molecular formula is C19H18N4O2S. The Morgan fingerprint density at radius 1 is 1.19 bits per heavy atom. The van der Waals surface area contributed by atoms with Crippen molar-refractivity contribution in [3.63, 3.8) is 0 Å². The van der Waals surface area contributed by atoms with E-state index in [0.717, 1.165) is 21.3 Å². The highest BCUT2D eigenvalue weighted by molar-refractivity contribution is 7.99. The summed E-state index contributed by atoms with van der Waals surface area (Å²) in [6, 6.07) is 14.8. The number of hydrogen-bond acceptors (Lipinski definition) is 5. The van der Waals surface area contributed by atoms with E-state index in [1.165, 1.54) is 7.11 Å². The van der Waals surface area contributed by atoms with Crippen molar-refractivity contribution in [1.29, 1.82) is 0 Å². The molecule has 6 nitrogen and oxygen atoms in total. The van der Waals surface area contributed by atoms with Gasteiger partial charge in [-0.15, -0.1) is 0 Å². The molecule has 26 heavy (non-hydrogen) atoms. The van der Waals surface area contributed by atoms with Crippen LogP contribution in [0.1, 0.15) is 15.9 Å². The van der Waals surface area contributed by atoms with Crippen molar-refractivity contribution in [2.45, 2.75) is 10.1 Å². The van der Waals surface area contributed by atoms with Gasteiger partial charge in [-0.25, -0.2) is 4.98 Å². The van der Waals surface area contributed by atoms with Gasteiger partial charge in [0.25, 0.3) is 5.91 Å². The summed E-state index contributed by atoms with van der Waals surface area (Å²) in [5.41, 5.74) is 2.18. The molecule has 2 aromatic carbocycles. The van der Waals surface area contributed by atoms with Crippen molar-refractivity contribution in [2.24, 2.45) is 12.2 Å². The van der Waals surface area contributed by atoms with Crippen molar-refractivity contribution < 1.29 is 9.63 Å². The number of anilines is 1. The standard InChI is InChI=1S/C19H18N4O2S/c1-23-12-11-20-19(23)26-17-9-7-16(8-10-17)22-18(24)15-5-3-14(4-6-15)13-21-25-2/h3-13H,1-2H3,(H,22,24)/b21-13+. The van der Waals surface area contributed by atoms with E-state index < -0.39 is 0 Å². The lowest BCUT2D eigenvalue weighted by molar-refractivity contribution is 0.102. The van der Waals surface area contributed by atoms with Crippen molar-refractivity contribution in [3.05, 3.63) is 72.1 Å². The van der Waals surface area contributed by atoms with Gasteiger partial charge in [0.1, 0.15) is 7.11 Å². The largest absolute Gasteiger partial charge is 0.399 e. The van der Waals surface area contributed by atoms with Gasteiger partial charge in [0.2, 0.25) is 0 Å². The first kappa shape index (κ1) is 17.8. The van der Waals surface area contributed by atoms with Crippen LogP contribution in [0.4, 0.5) is 5.69 Å². The van der Waals surface area contributed by atoms with Crippen molar-refractivity contribution in [2.75, 3.05) is 12.4 Å². The molecule has 0 unspecified atom stereocenters. The summed E-state index contributed by atoms with van der Waals surface area (Å²) in [4.78, 5) is 22.3. The number of nitrogens with zero attached hydrogens (tertiary/aromatic N) is 3. The minimum atomic E-state index is -0.162. The molecule has 0 spiro atoms. The molecule has 1 heterocycles. The highest BCUT2D eigenvalue weighted by atomic mass is 32.2. The maximum atomic E-state index is 12.3. The Morgan fingerprint density at radius 3 is 2.54 bits per heavy atom. The Hall–Kier alpha value is -3.06. The molecular weight excluding hydrogens is 348 g/mol. The topological polar surface area (TPSA) is 68.5 Å². The summed E-state index contributed by atoms with van der Waals surface area (Å²) >= 11 is 1.57. The Balaban J connectivity index is 1.62. The third-order valence-electron chi connectivity index (χ3n) is 3.58. The number of amides is 1. The van der Waals surface area contributed by atoms with Crippen LogP contribution in [-0.4, -0.2) is 28.8 Å². The fraction of sp³-hybridized carbons (Fsp3) is 0.105. The summed E-state index contributed by atoms with van der Waals surface area (Å²) in [7, 11) is 3.44. The van der Waals surface area contributed by atoms with Crippen LogP contribution in [-0.2, 0) is 11.9 Å². The van der Waals surface area contributed by atoms with Crippen LogP contribution in [0.5, 0.6) is 0 Å². The maximum Gasteiger partial charge on any atom is 0.255 e. The second-order valence-corrected chi connectivity index (χ2v) is 6.48. The first-order valence-corrected chi connectivity index (χ1v) is 8.70. The zero-order chi connectivity index (χ0) is 18.4. The molecule has 132 valence electrons. The summed E-state index contributed by atoms with van der Waals surface area (Å²) < 4.78 is 1.96. The third kappa shape index (κ3) is 4.52. The second-order valence-electron chi connectivity index (χ2n) is 5.44. The Labute approximate surface area is 155 Å². The molecule has 1 N–H and O–H groups in total. The number of imidazole rings is 1. The van der Waals surface area contributed by atoms with E-state index in [9.17, 15) is 4.79 Å². The van der Waals surface area contributed by atoms with Gasteiger partial charge in [0.05, 0.1) is 6.21 Å². The van der Waals surface area contributed by atoms with Gasteiger partial charge in [-0.2, -0.15) is 0 Å². The summed E-state index contributed by atoms with van der Waals surface area (Å²) in [6.07, 6.45) is 5.26. The lowest BCUT2D eigenvalue weighted by atomic mass is 10.1. The second kappa shape index (κ2) is 8.35. The van der Waals surface area contributed by atoms with E-state index in [-0.39, 0.29) is 5.91 Å². The monoisotopic (exact) mass is 366 g/mol. The molecule has 1 aromatic heterocycles. The van der Waals surface area contributed by atoms with Gasteiger partial charge in [-0.3, -0.25) is 4.79 Å². The Bertz CT molecular complexity index is 902. The smallest absolute Gasteiger partial charge is 0.255 e. The molecule has 1 amide bonds. The quantitative estimate of drug-likeness (QED) is 0.532. The van der Waals surface area contributed by atoms with Crippen LogP contribution in [0.25, 0.3) is 0 Å². The number of aromatic nitrogens is 2. The highest BCUT2D eigenvalue weighted by Crippen LogP contribution is 2.26. The van der Waals surface area contributed by atoms with Gasteiger partial charge < -0.3 is 14.7 Å². The number of aryl methyl sites for hydroxylation is 1. The van der Waals surface area contributed by atoms with E-state index in [1.807, 2.05) is 54.2 Å². The molecule has 0 saturated heterocycles. The lowest BCUT2D eigenvalue weighted by Crippen LogP contribution is -2.11. The molecule has 3 aromatic rings. The summed E-state index contributed by atoms with van der Waals surface area (Å²) in [5.74, 6) is -0.162. The van der Waals surface area contributed by atoms with E-state index >= 15 is 0 Å². The maximum absolute atomic E-state index is 12.3. The van der Waals surface area contributed by atoms with E-state index in [4.69, 9.17) is 0 Å². The van der Waals surface area contributed by atoms with Crippen LogP contribution >= 0.6 is 11.8 Å². The average Bonchev–Trinajstić information content (AvgIpc) is 3.06. The SMILES string of the molecule is CO/N=C/c1ccc(C(=O)Nc2ccc(Sc3nccn3C)cc2)cc1. The molecule has 3 rings (SSSR count). The molecule has 0 atom stereocenters. The van der Waals surface area contributed by atoms with Gasteiger partial charge >= 0.3 is 0 Å². The number of nitrogens with one attached hydrogen (secondary N) is 1. The molecule has 0 aliphatic rings. The normalized spacial score (nSPS) is 10.8. The van der Waals surface area contributed by atoms with Gasteiger partial charge in [-0.1, -0.05) is 29.1 Å². The zero-order valence-electron chi connectivity index (χ0n) is 14.4. The molecule has 0 radical (unpaired) electrons. The Morgan fingerprint density at radius 2 is 1.92 bits per heavy atom. The number of oxime groups is 1. The molecule has 0 fully saturated rings. The predicted octanol–water partition coefficient (Wildman–Crippen LogP) is 3.80. The van der Waals surface area contributed by atoms with Gasteiger partial charge in [0.15, 0.2) is 5.16 Å². The number of hydrogen-bond donors (Lipinski definition) is 1. The first-order chi connectivity index (χ1) is 12.7. The van der Waals surface area contributed by atoms with E-state index in [0.29, 0.717) is 5.56 Å². The molecule has 7 heteroatoms. The van der Waals surface area contributed by atoms with Crippen LogP contribution < -0.4 is 5.32 Å². The third-order valence-corrected chi connectivity index (χ3v) is 4.66. The van der Waals surface area contributed by atoms with E-state index in [2.05, 4.69) is 20.3 Å². The van der Waals surface area contributed by atoms with Crippen LogP contribution in [0.15, 0.2) is 76.1 Å². The predicted molar refractivity (Wildman–Crippen MR) is 103 cm³/mol. The van der Waals surface area contributed by atoms with Gasteiger partial charge in [0, 0.05) is 35.6 Å². The zero-order valence-corrected chi connectivity index (χ0v) is 15.2. The van der Waals surface area contributed by atoms with E-state index in [1.54, 1.807) is 36.3 Å². The fourth-order valence-corrected chi connectivity index (χ4v) is 3.00. The number of benzene rings is 2. The van der Waals surface area contributed by atoms with Crippen LogP contribution in [0.3, 0.4) is 0 Å². The average molecular weight is 366 g/mol. The number of carbonyl (C=O) groups is 1. The highest BCUT2D eigenvalue weighted by Gasteiger charge is 2.07. The van der Waals surface area contributed by atoms with Crippen LogP contribution in [0, 0.1) is 0 Å². The van der Waals surface area contributed by atoms with Gasteiger partial charge in [-0.05, 0) is 42.0 Å². The molecule has 0 aliphatic carbocycles. The Kier molecular flexibility index (Phi) is 5.70. The molecule has 0 bridgehead atoms.